The number of carboxylic acids is 1. The van der Waals surface area contributed by atoms with Crippen molar-refractivity contribution in [1.29, 1.82) is 0 Å². The molecule has 3 amide bonds. The van der Waals surface area contributed by atoms with Crippen LogP contribution in [0.3, 0.4) is 0 Å². The quantitative estimate of drug-likeness (QED) is 0.313. The van der Waals surface area contributed by atoms with Gasteiger partial charge >= 0.3 is 12.0 Å². The van der Waals surface area contributed by atoms with Gasteiger partial charge in [0.1, 0.15) is 11.5 Å². The molecular weight excluding hydrogens is 541 g/mol. The molecule has 0 bridgehead atoms. The number of amides is 3. The zero-order chi connectivity index (χ0) is 28.1. The summed E-state index contributed by atoms with van der Waals surface area (Å²) in [5.41, 5.74) is 1.44. The number of rotatable bonds is 9. The van der Waals surface area contributed by atoms with Crippen molar-refractivity contribution < 1.29 is 24.2 Å². The highest BCUT2D eigenvalue weighted by atomic mass is 35.5. The second-order valence-corrected chi connectivity index (χ2v) is 9.96. The van der Waals surface area contributed by atoms with Crippen LogP contribution in [-0.2, 0) is 4.79 Å². The van der Waals surface area contributed by atoms with Gasteiger partial charge in [-0.3, -0.25) is 4.79 Å². The fourth-order valence-electron chi connectivity index (χ4n) is 4.41. The molecular formula is C29H27Cl2N3O5. The van der Waals surface area contributed by atoms with Crippen molar-refractivity contribution in [3.8, 4) is 11.5 Å². The van der Waals surface area contributed by atoms with E-state index in [1.54, 1.807) is 91.7 Å². The third kappa shape index (κ3) is 6.71. The van der Waals surface area contributed by atoms with Gasteiger partial charge in [-0.15, -0.1) is 0 Å². The summed E-state index contributed by atoms with van der Waals surface area (Å²) in [7, 11) is 1.68. The van der Waals surface area contributed by atoms with Crippen LogP contribution in [0.1, 0.15) is 35.3 Å². The summed E-state index contributed by atoms with van der Waals surface area (Å²) < 4.78 is 5.78. The summed E-state index contributed by atoms with van der Waals surface area (Å²) in [4.78, 5) is 41.0. The maximum absolute atomic E-state index is 13.0. The number of aliphatic carboxylic acids is 1. The second kappa shape index (κ2) is 12.2. The van der Waals surface area contributed by atoms with Crippen molar-refractivity contribution >= 4 is 41.1 Å². The first-order valence-electron chi connectivity index (χ1n) is 12.2. The molecule has 3 aromatic carbocycles. The normalized spacial score (nSPS) is 15.1. The van der Waals surface area contributed by atoms with Crippen LogP contribution in [-0.4, -0.2) is 53.0 Å². The highest BCUT2D eigenvalue weighted by Gasteiger charge is 2.37. The maximum Gasteiger partial charge on any atom is 0.335 e. The summed E-state index contributed by atoms with van der Waals surface area (Å²) in [5.74, 6) is -0.107. The van der Waals surface area contributed by atoms with Crippen molar-refractivity contribution in [2.45, 2.75) is 19.4 Å². The monoisotopic (exact) mass is 567 g/mol. The van der Waals surface area contributed by atoms with E-state index in [1.165, 1.54) is 4.90 Å². The first kappa shape index (κ1) is 28.0. The second-order valence-electron chi connectivity index (χ2n) is 9.09. The van der Waals surface area contributed by atoms with Gasteiger partial charge in [-0.2, -0.15) is 0 Å². The van der Waals surface area contributed by atoms with Gasteiger partial charge in [0.25, 0.3) is 5.91 Å². The molecule has 2 N–H and O–H groups in total. The SMILES string of the molecule is CC1=C(C(=O)O)C(c2cccc(Cl)c2)N(CCCN(C)C(=O)c2ccc(Oc3ccc(Cl)cc3)cc2)C(=O)N1. The van der Waals surface area contributed by atoms with Gasteiger partial charge in [0.2, 0.25) is 0 Å². The van der Waals surface area contributed by atoms with Crippen LogP contribution < -0.4 is 10.1 Å². The van der Waals surface area contributed by atoms with E-state index in [9.17, 15) is 19.5 Å². The Morgan fingerprint density at radius 2 is 1.64 bits per heavy atom. The molecule has 1 aliphatic heterocycles. The Labute approximate surface area is 236 Å². The number of benzene rings is 3. The predicted octanol–water partition coefficient (Wildman–Crippen LogP) is 6.37. The number of carboxylic acid groups (broad SMARTS) is 1. The number of carbonyl (C=O) groups is 3. The molecule has 39 heavy (non-hydrogen) atoms. The number of nitrogens with zero attached hydrogens (tertiary/aromatic N) is 2. The lowest BCUT2D eigenvalue weighted by atomic mass is 9.93. The van der Waals surface area contributed by atoms with Gasteiger partial charge in [0, 0.05) is 41.4 Å². The molecule has 0 aromatic heterocycles. The summed E-state index contributed by atoms with van der Waals surface area (Å²) >= 11 is 12.1. The van der Waals surface area contributed by atoms with Gasteiger partial charge in [-0.1, -0.05) is 35.3 Å². The minimum atomic E-state index is -1.13. The van der Waals surface area contributed by atoms with Gasteiger partial charge in [-0.05, 0) is 79.6 Å². The lowest BCUT2D eigenvalue weighted by molar-refractivity contribution is -0.133. The molecule has 3 aromatic rings. The first-order chi connectivity index (χ1) is 18.6. The lowest BCUT2D eigenvalue weighted by Crippen LogP contribution is -2.49. The van der Waals surface area contributed by atoms with Crippen molar-refractivity contribution in [3.63, 3.8) is 0 Å². The van der Waals surface area contributed by atoms with Crippen molar-refractivity contribution in [3.05, 3.63) is 105 Å². The largest absolute Gasteiger partial charge is 0.478 e. The number of urea groups is 1. The molecule has 0 radical (unpaired) electrons. The van der Waals surface area contributed by atoms with Crippen molar-refractivity contribution in [2.75, 3.05) is 20.1 Å². The first-order valence-corrected chi connectivity index (χ1v) is 13.0. The van der Waals surface area contributed by atoms with E-state index in [0.717, 1.165) is 0 Å². The van der Waals surface area contributed by atoms with E-state index in [-0.39, 0.29) is 23.7 Å². The molecule has 1 heterocycles. The highest BCUT2D eigenvalue weighted by molar-refractivity contribution is 6.30. The third-order valence-electron chi connectivity index (χ3n) is 6.33. The Morgan fingerprint density at radius 1 is 1.00 bits per heavy atom. The molecule has 1 atom stereocenters. The van der Waals surface area contributed by atoms with E-state index < -0.39 is 18.0 Å². The van der Waals surface area contributed by atoms with Crippen LogP contribution >= 0.6 is 23.2 Å². The Bertz CT molecular complexity index is 1410. The minimum absolute atomic E-state index is 0.0715. The summed E-state index contributed by atoms with van der Waals surface area (Å²) in [5, 5.41) is 13.6. The van der Waals surface area contributed by atoms with Crippen LogP contribution in [0.25, 0.3) is 0 Å². The summed E-state index contributed by atoms with van der Waals surface area (Å²) in [6.07, 6.45) is 0.427. The molecule has 0 saturated carbocycles. The molecule has 0 aliphatic carbocycles. The average molecular weight is 568 g/mol. The zero-order valence-corrected chi connectivity index (χ0v) is 22.9. The number of allylic oxidation sites excluding steroid dienone is 1. The third-order valence-corrected chi connectivity index (χ3v) is 6.82. The number of halogens is 2. The molecule has 0 saturated heterocycles. The molecule has 1 unspecified atom stereocenters. The number of ether oxygens (including phenoxy) is 1. The number of carbonyl (C=O) groups excluding carboxylic acids is 2. The lowest BCUT2D eigenvalue weighted by Gasteiger charge is -2.37. The fraction of sp³-hybridized carbons (Fsp3) is 0.207. The van der Waals surface area contributed by atoms with E-state index in [4.69, 9.17) is 27.9 Å². The molecule has 202 valence electrons. The number of hydrogen-bond acceptors (Lipinski definition) is 4. The molecule has 4 rings (SSSR count). The fourth-order valence-corrected chi connectivity index (χ4v) is 4.74. The Balaban J connectivity index is 1.41. The van der Waals surface area contributed by atoms with Crippen LogP contribution in [0.2, 0.25) is 10.0 Å². The zero-order valence-electron chi connectivity index (χ0n) is 21.4. The molecule has 1 aliphatic rings. The van der Waals surface area contributed by atoms with Gasteiger partial charge in [-0.25, -0.2) is 9.59 Å². The predicted molar refractivity (Wildman–Crippen MR) is 149 cm³/mol. The van der Waals surface area contributed by atoms with Gasteiger partial charge in [0.15, 0.2) is 0 Å². The van der Waals surface area contributed by atoms with Gasteiger partial charge < -0.3 is 25.0 Å². The number of hydrogen-bond donors (Lipinski definition) is 2. The standard InChI is InChI=1S/C29H27Cl2N3O5/c1-18-25(28(36)37)26(20-5-3-6-22(31)17-20)34(29(38)32-18)16-4-15-33(2)27(35)19-7-11-23(12-8-19)39-24-13-9-21(30)10-14-24/h3,5-14,17,26H,4,15-16H2,1-2H3,(H,32,38)(H,36,37). The molecule has 8 nitrogen and oxygen atoms in total. The molecule has 10 heteroatoms. The van der Waals surface area contributed by atoms with E-state index in [1.807, 2.05) is 0 Å². The smallest absolute Gasteiger partial charge is 0.335 e. The highest BCUT2D eigenvalue weighted by Crippen LogP contribution is 2.35. The van der Waals surface area contributed by atoms with Crippen molar-refractivity contribution in [1.82, 2.24) is 15.1 Å². The Kier molecular flexibility index (Phi) is 8.79. The maximum atomic E-state index is 13.0. The Morgan fingerprint density at radius 3 is 2.26 bits per heavy atom. The summed E-state index contributed by atoms with van der Waals surface area (Å²) in [6.45, 7) is 2.13. The van der Waals surface area contributed by atoms with E-state index in [0.29, 0.717) is 45.6 Å². The van der Waals surface area contributed by atoms with E-state index >= 15 is 0 Å². The topological polar surface area (TPSA) is 99.2 Å². The van der Waals surface area contributed by atoms with Crippen molar-refractivity contribution in [2.24, 2.45) is 0 Å². The Hall–Kier alpha value is -4.01. The van der Waals surface area contributed by atoms with Crippen LogP contribution in [0.15, 0.2) is 84.1 Å². The minimum Gasteiger partial charge on any atom is -0.478 e. The number of nitrogens with one attached hydrogen (secondary N) is 1. The van der Waals surface area contributed by atoms with Gasteiger partial charge in [0.05, 0.1) is 11.6 Å². The molecule has 0 spiro atoms. The van der Waals surface area contributed by atoms with Crippen LogP contribution in [0.4, 0.5) is 4.79 Å². The molecule has 0 fully saturated rings. The van der Waals surface area contributed by atoms with Crippen LogP contribution in [0, 0.1) is 0 Å². The van der Waals surface area contributed by atoms with E-state index in [2.05, 4.69) is 5.32 Å². The average Bonchev–Trinajstić information content (AvgIpc) is 2.90. The summed E-state index contributed by atoms with van der Waals surface area (Å²) in [6, 6.07) is 19.3. The van der Waals surface area contributed by atoms with Crippen LogP contribution in [0.5, 0.6) is 11.5 Å².